The monoisotopic (exact) mass is 171 g/mol. The van der Waals surface area contributed by atoms with Crippen molar-refractivity contribution in [3.63, 3.8) is 0 Å². The van der Waals surface area contributed by atoms with Gasteiger partial charge < -0.3 is 10.2 Å². The van der Waals surface area contributed by atoms with Crippen molar-refractivity contribution in [3.05, 3.63) is 0 Å². The lowest BCUT2D eigenvalue weighted by Crippen LogP contribution is -2.40. The van der Waals surface area contributed by atoms with Gasteiger partial charge in [0.25, 0.3) is 0 Å². The molecule has 1 unspecified atom stereocenters. The molecule has 2 heterocycles. The van der Waals surface area contributed by atoms with Gasteiger partial charge in [0.2, 0.25) is 0 Å². The van der Waals surface area contributed by atoms with E-state index in [4.69, 9.17) is 0 Å². The van der Waals surface area contributed by atoms with Gasteiger partial charge in [-0.25, -0.2) is 0 Å². The predicted octanol–water partition coefficient (Wildman–Crippen LogP) is -0.175. The van der Waals surface area contributed by atoms with Crippen LogP contribution < -0.4 is 0 Å². The second-order valence-corrected chi connectivity index (χ2v) is 4.12. The van der Waals surface area contributed by atoms with Gasteiger partial charge in [0.05, 0.1) is 13.2 Å². The second kappa shape index (κ2) is 2.98. The minimum atomic E-state index is -0.184. The number of aliphatic hydroxyl groups excluding tert-OH is 2. The van der Waals surface area contributed by atoms with Crippen molar-refractivity contribution in [3.8, 4) is 0 Å². The van der Waals surface area contributed by atoms with Crippen LogP contribution in [0.25, 0.3) is 0 Å². The summed E-state index contributed by atoms with van der Waals surface area (Å²) >= 11 is 0. The first kappa shape index (κ1) is 8.48. The van der Waals surface area contributed by atoms with E-state index in [1.807, 2.05) is 0 Å². The van der Waals surface area contributed by atoms with E-state index in [1.165, 1.54) is 6.42 Å². The maximum atomic E-state index is 9.28. The summed E-state index contributed by atoms with van der Waals surface area (Å²) < 4.78 is 0. The highest BCUT2D eigenvalue weighted by Gasteiger charge is 2.48. The van der Waals surface area contributed by atoms with Crippen LogP contribution in [-0.4, -0.2) is 47.5 Å². The fourth-order valence-electron chi connectivity index (χ4n) is 2.74. The van der Waals surface area contributed by atoms with E-state index < -0.39 is 0 Å². The molecule has 0 aromatic heterocycles. The highest BCUT2D eigenvalue weighted by molar-refractivity contribution is 5.01. The summed E-state index contributed by atoms with van der Waals surface area (Å²) in [6.07, 6.45) is 3.35. The van der Waals surface area contributed by atoms with Crippen LogP contribution in [0.15, 0.2) is 0 Å². The molecule has 0 saturated carbocycles. The highest BCUT2D eigenvalue weighted by atomic mass is 16.3. The fourth-order valence-corrected chi connectivity index (χ4v) is 2.74. The molecular formula is C9H17NO2. The van der Waals surface area contributed by atoms with Crippen molar-refractivity contribution in [2.45, 2.75) is 25.3 Å². The number of rotatable bonds is 2. The van der Waals surface area contributed by atoms with E-state index in [0.29, 0.717) is 6.04 Å². The fraction of sp³-hybridized carbons (Fsp3) is 1.00. The van der Waals surface area contributed by atoms with Gasteiger partial charge in [-0.05, 0) is 32.4 Å². The third-order valence-electron chi connectivity index (χ3n) is 3.60. The SMILES string of the molecule is OCC1(CO)CCN2CCCC21. The average Bonchev–Trinajstić information content (AvgIpc) is 2.64. The van der Waals surface area contributed by atoms with Crippen LogP contribution in [0.5, 0.6) is 0 Å². The van der Waals surface area contributed by atoms with E-state index in [9.17, 15) is 10.2 Å². The smallest absolute Gasteiger partial charge is 0.0525 e. The number of aliphatic hydroxyl groups is 2. The summed E-state index contributed by atoms with van der Waals surface area (Å²) in [5.74, 6) is 0. The molecule has 0 aliphatic carbocycles. The first-order chi connectivity index (χ1) is 5.82. The molecule has 2 fully saturated rings. The van der Waals surface area contributed by atoms with Gasteiger partial charge in [-0.3, -0.25) is 4.90 Å². The molecule has 0 amide bonds. The van der Waals surface area contributed by atoms with Gasteiger partial charge in [-0.2, -0.15) is 0 Å². The number of hydrogen-bond donors (Lipinski definition) is 2. The van der Waals surface area contributed by atoms with Crippen molar-refractivity contribution >= 4 is 0 Å². The molecule has 2 N–H and O–H groups in total. The highest BCUT2D eigenvalue weighted by Crippen LogP contribution is 2.41. The molecule has 2 saturated heterocycles. The quantitative estimate of drug-likeness (QED) is 0.606. The Hall–Kier alpha value is -0.120. The summed E-state index contributed by atoms with van der Waals surface area (Å²) in [5, 5.41) is 18.6. The Morgan fingerprint density at radius 3 is 2.67 bits per heavy atom. The normalized spacial score (nSPS) is 34.0. The van der Waals surface area contributed by atoms with E-state index in [2.05, 4.69) is 4.90 Å². The molecule has 1 atom stereocenters. The van der Waals surface area contributed by atoms with Gasteiger partial charge in [0.1, 0.15) is 0 Å². The van der Waals surface area contributed by atoms with Crippen molar-refractivity contribution in [2.75, 3.05) is 26.3 Å². The molecule has 3 heteroatoms. The van der Waals surface area contributed by atoms with Gasteiger partial charge in [-0.15, -0.1) is 0 Å². The average molecular weight is 171 g/mol. The molecule has 2 aliphatic rings. The summed E-state index contributed by atoms with van der Waals surface area (Å²) in [7, 11) is 0. The largest absolute Gasteiger partial charge is 0.396 e. The van der Waals surface area contributed by atoms with Crippen LogP contribution in [0.4, 0.5) is 0 Å². The Morgan fingerprint density at radius 2 is 2.00 bits per heavy atom. The van der Waals surface area contributed by atoms with Crippen molar-refractivity contribution in [1.82, 2.24) is 4.90 Å². The van der Waals surface area contributed by atoms with Crippen LogP contribution in [0, 0.1) is 5.41 Å². The van der Waals surface area contributed by atoms with Gasteiger partial charge in [0.15, 0.2) is 0 Å². The van der Waals surface area contributed by atoms with Crippen molar-refractivity contribution in [1.29, 1.82) is 0 Å². The summed E-state index contributed by atoms with van der Waals surface area (Å²) in [6.45, 7) is 2.51. The molecule has 0 spiro atoms. The van der Waals surface area contributed by atoms with Crippen LogP contribution >= 0.6 is 0 Å². The summed E-state index contributed by atoms with van der Waals surface area (Å²) in [4.78, 5) is 2.41. The summed E-state index contributed by atoms with van der Waals surface area (Å²) in [5.41, 5.74) is -0.184. The number of hydrogen-bond acceptors (Lipinski definition) is 3. The van der Waals surface area contributed by atoms with Crippen LogP contribution in [0.1, 0.15) is 19.3 Å². The molecule has 0 aromatic rings. The topological polar surface area (TPSA) is 43.7 Å². The predicted molar refractivity (Wildman–Crippen MR) is 45.8 cm³/mol. The third-order valence-corrected chi connectivity index (χ3v) is 3.60. The minimum Gasteiger partial charge on any atom is -0.396 e. The maximum Gasteiger partial charge on any atom is 0.0525 e. The molecular weight excluding hydrogens is 154 g/mol. The van der Waals surface area contributed by atoms with E-state index in [1.54, 1.807) is 0 Å². The van der Waals surface area contributed by atoms with Crippen LogP contribution in [0.2, 0.25) is 0 Å². The molecule has 0 aromatic carbocycles. The Balaban J connectivity index is 2.15. The van der Waals surface area contributed by atoms with Crippen LogP contribution in [-0.2, 0) is 0 Å². The summed E-state index contributed by atoms with van der Waals surface area (Å²) in [6, 6.07) is 0.451. The lowest BCUT2D eigenvalue weighted by Gasteiger charge is -2.31. The van der Waals surface area contributed by atoms with E-state index in [0.717, 1.165) is 25.9 Å². The van der Waals surface area contributed by atoms with Crippen LogP contribution in [0.3, 0.4) is 0 Å². The van der Waals surface area contributed by atoms with Gasteiger partial charge in [0, 0.05) is 11.5 Å². The first-order valence-corrected chi connectivity index (χ1v) is 4.78. The Bertz CT molecular complexity index is 168. The standard InChI is InChI=1S/C9H17NO2/c11-6-9(7-12)3-5-10-4-1-2-8(9)10/h8,11-12H,1-7H2. The Labute approximate surface area is 73.0 Å². The Kier molecular flexibility index (Phi) is 2.10. The molecule has 2 aliphatic heterocycles. The van der Waals surface area contributed by atoms with E-state index >= 15 is 0 Å². The lowest BCUT2D eigenvalue weighted by molar-refractivity contribution is 0.0316. The molecule has 12 heavy (non-hydrogen) atoms. The molecule has 2 rings (SSSR count). The maximum absolute atomic E-state index is 9.28. The zero-order chi connectivity index (χ0) is 8.60. The number of nitrogens with zero attached hydrogens (tertiary/aromatic N) is 1. The molecule has 0 bridgehead atoms. The lowest BCUT2D eigenvalue weighted by atomic mass is 9.81. The Morgan fingerprint density at radius 1 is 1.25 bits per heavy atom. The zero-order valence-corrected chi connectivity index (χ0v) is 7.37. The van der Waals surface area contributed by atoms with Gasteiger partial charge in [-0.1, -0.05) is 0 Å². The third kappa shape index (κ3) is 1.00. The second-order valence-electron chi connectivity index (χ2n) is 4.12. The minimum absolute atomic E-state index is 0.144. The molecule has 70 valence electrons. The zero-order valence-electron chi connectivity index (χ0n) is 7.37. The first-order valence-electron chi connectivity index (χ1n) is 4.78. The molecule has 0 radical (unpaired) electrons. The molecule has 3 nitrogen and oxygen atoms in total. The number of fused-ring (bicyclic) bond motifs is 1. The van der Waals surface area contributed by atoms with Crippen molar-refractivity contribution < 1.29 is 10.2 Å². The van der Waals surface area contributed by atoms with Crippen molar-refractivity contribution in [2.24, 2.45) is 5.41 Å². The van der Waals surface area contributed by atoms with E-state index in [-0.39, 0.29) is 18.6 Å². The van der Waals surface area contributed by atoms with Gasteiger partial charge >= 0.3 is 0 Å².